The average Bonchev–Trinajstić information content (AvgIpc) is 3.32. The fourth-order valence-electron chi connectivity index (χ4n) is 2.55. The number of esters is 1. The normalized spacial score (nSPS) is 10.8. The minimum atomic E-state index is -0.468. The fourth-order valence-corrected chi connectivity index (χ4v) is 4.08. The lowest BCUT2D eigenvalue weighted by Gasteiger charge is -2.13. The predicted molar refractivity (Wildman–Crippen MR) is 109 cm³/mol. The van der Waals surface area contributed by atoms with E-state index in [2.05, 4.69) is 24.1 Å². The van der Waals surface area contributed by atoms with Crippen LogP contribution in [0.1, 0.15) is 31.0 Å². The summed E-state index contributed by atoms with van der Waals surface area (Å²) in [5.41, 5.74) is 3.48. The molecule has 27 heavy (non-hydrogen) atoms. The van der Waals surface area contributed by atoms with Gasteiger partial charge in [-0.25, -0.2) is 4.98 Å². The van der Waals surface area contributed by atoms with Crippen molar-refractivity contribution in [3.8, 4) is 10.6 Å². The SMILES string of the molecule is CC(C)c1ccccc1NC(=O)COC(=O)Cc1csc(-c2ccsc2)n1. The zero-order valence-corrected chi connectivity index (χ0v) is 16.7. The molecule has 5 nitrogen and oxygen atoms in total. The molecule has 1 amide bonds. The highest BCUT2D eigenvalue weighted by molar-refractivity contribution is 7.14. The van der Waals surface area contributed by atoms with Crippen LogP contribution >= 0.6 is 22.7 Å². The maximum Gasteiger partial charge on any atom is 0.312 e. The molecule has 1 aromatic carbocycles. The summed E-state index contributed by atoms with van der Waals surface area (Å²) >= 11 is 3.09. The summed E-state index contributed by atoms with van der Waals surface area (Å²) in [7, 11) is 0. The summed E-state index contributed by atoms with van der Waals surface area (Å²) < 4.78 is 5.10. The smallest absolute Gasteiger partial charge is 0.312 e. The summed E-state index contributed by atoms with van der Waals surface area (Å²) in [5, 5.41) is 9.52. The number of carbonyl (C=O) groups is 2. The van der Waals surface area contributed by atoms with Crippen LogP contribution in [0.2, 0.25) is 0 Å². The van der Waals surface area contributed by atoms with Crippen molar-refractivity contribution in [2.45, 2.75) is 26.2 Å². The van der Waals surface area contributed by atoms with Gasteiger partial charge >= 0.3 is 5.97 Å². The van der Waals surface area contributed by atoms with E-state index in [4.69, 9.17) is 4.74 Å². The van der Waals surface area contributed by atoms with Crippen molar-refractivity contribution in [2.75, 3.05) is 11.9 Å². The molecule has 0 spiro atoms. The van der Waals surface area contributed by atoms with E-state index in [0.29, 0.717) is 5.69 Å². The van der Waals surface area contributed by atoms with E-state index in [0.717, 1.165) is 21.8 Å². The summed E-state index contributed by atoms with van der Waals surface area (Å²) in [5.74, 6) is -0.538. The van der Waals surface area contributed by atoms with E-state index in [-0.39, 0.29) is 24.9 Å². The molecular weight excluding hydrogens is 380 g/mol. The zero-order valence-electron chi connectivity index (χ0n) is 15.1. The predicted octanol–water partition coefficient (Wildman–Crippen LogP) is 4.72. The third-order valence-electron chi connectivity index (χ3n) is 3.87. The van der Waals surface area contributed by atoms with Crippen molar-refractivity contribution in [3.63, 3.8) is 0 Å². The van der Waals surface area contributed by atoms with Gasteiger partial charge in [0.1, 0.15) is 5.01 Å². The number of carbonyl (C=O) groups excluding carboxylic acids is 2. The molecule has 1 N–H and O–H groups in total. The van der Waals surface area contributed by atoms with Gasteiger partial charge in [0, 0.05) is 22.0 Å². The lowest BCUT2D eigenvalue weighted by atomic mass is 10.0. The highest BCUT2D eigenvalue weighted by atomic mass is 32.1. The second-order valence-electron chi connectivity index (χ2n) is 6.28. The third-order valence-corrected chi connectivity index (χ3v) is 5.49. The highest BCUT2D eigenvalue weighted by Crippen LogP contribution is 2.26. The van der Waals surface area contributed by atoms with E-state index >= 15 is 0 Å². The van der Waals surface area contributed by atoms with Crippen LogP contribution in [0.4, 0.5) is 5.69 Å². The Bertz CT molecular complexity index is 917. The van der Waals surface area contributed by atoms with Crippen molar-refractivity contribution >= 4 is 40.2 Å². The first-order valence-electron chi connectivity index (χ1n) is 8.54. The van der Waals surface area contributed by atoms with Crippen LogP contribution in [-0.4, -0.2) is 23.5 Å². The molecule has 0 bridgehead atoms. The van der Waals surface area contributed by atoms with E-state index in [1.54, 1.807) is 11.3 Å². The first-order valence-corrected chi connectivity index (χ1v) is 10.4. The van der Waals surface area contributed by atoms with Gasteiger partial charge < -0.3 is 10.1 Å². The van der Waals surface area contributed by atoms with Gasteiger partial charge in [0.25, 0.3) is 5.91 Å². The number of hydrogen-bond donors (Lipinski definition) is 1. The van der Waals surface area contributed by atoms with Crippen LogP contribution < -0.4 is 5.32 Å². The second kappa shape index (κ2) is 8.92. The number of thiazole rings is 1. The average molecular weight is 401 g/mol. The molecule has 2 aromatic heterocycles. The van der Waals surface area contributed by atoms with Crippen LogP contribution in [0.3, 0.4) is 0 Å². The molecule has 140 valence electrons. The Balaban J connectivity index is 1.50. The first kappa shape index (κ1) is 19.3. The highest BCUT2D eigenvalue weighted by Gasteiger charge is 2.13. The number of aromatic nitrogens is 1. The number of amides is 1. The molecule has 0 saturated carbocycles. The largest absolute Gasteiger partial charge is 0.455 e. The quantitative estimate of drug-likeness (QED) is 0.583. The number of nitrogens with zero attached hydrogens (tertiary/aromatic N) is 1. The van der Waals surface area contributed by atoms with E-state index in [1.807, 2.05) is 46.5 Å². The maximum absolute atomic E-state index is 12.1. The monoisotopic (exact) mass is 400 g/mol. The van der Waals surface area contributed by atoms with Crippen molar-refractivity contribution in [1.29, 1.82) is 0 Å². The van der Waals surface area contributed by atoms with Crippen LogP contribution in [0.25, 0.3) is 10.6 Å². The van der Waals surface area contributed by atoms with Crippen molar-refractivity contribution in [3.05, 3.63) is 57.7 Å². The molecule has 0 saturated heterocycles. The van der Waals surface area contributed by atoms with Crippen LogP contribution in [0, 0.1) is 0 Å². The molecule has 2 heterocycles. The molecule has 3 aromatic rings. The zero-order chi connectivity index (χ0) is 19.2. The summed E-state index contributed by atoms with van der Waals surface area (Å²) in [6.07, 6.45) is 0.0521. The first-order chi connectivity index (χ1) is 13.0. The van der Waals surface area contributed by atoms with Crippen molar-refractivity contribution in [2.24, 2.45) is 0 Å². The molecule has 7 heteroatoms. The van der Waals surface area contributed by atoms with E-state index < -0.39 is 5.97 Å². The van der Waals surface area contributed by atoms with Gasteiger partial charge in [-0.1, -0.05) is 32.0 Å². The topological polar surface area (TPSA) is 68.3 Å². The fraction of sp³-hybridized carbons (Fsp3) is 0.250. The standard InChI is InChI=1S/C20H20N2O3S2/c1-13(2)16-5-3-4-6-17(16)22-18(23)10-25-19(24)9-15-12-27-20(21-15)14-7-8-26-11-14/h3-8,11-13H,9-10H2,1-2H3,(H,22,23). The maximum atomic E-state index is 12.1. The number of rotatable bonds is 7. The molecule has 0 radical (unpaired) electrons. The van der Waals surface area contributed by atoms with Gasteiger partial charge in [-0.3, -0.25) is 9.59 Å². The number of nitrogens with one attached hydrogen (secondary N) is 1. The summed E-state index contributed by atoms with van der Waals surface area (Å²) in [6.45, 7) is 3.80. The van der Waals surface area contributed by atoms with Crippen molar-refractivity contribution in [1.82, 2.24) is 4.98 Å². The number of hydrogen-bond acceptors (Lipinski definition) is 6. The van der Waals surface area contributed by atoms with Gasteiger partial charge in [-0.15, -0.1) is 11.3 Å². The van der Waals surface area contributed by atoms with Gasteiger partial charge in [0.2, 0.25) is 0 Å². The van der Waals surface area contributed by atoms with Gasteiger partial charge in [-0.2, -0.15) is 11.3 Å². The summed E-state index contributed by atoms with van der Waals surface area (Å²) in [4.78, 5) is 28.6. The van der Waals surface area contributed by atoms with Crippen LogP contribution in [0.15, 0.2) is 46.5 Å². The molecule has 0 atom stereocenters. The number of benzene rings is 1. The van der Waals surface area contributed by atoms with Crippen LogP contribution in [-0.2, 0) is 20.7 Å². The summed E-state index contributed by atoms with van der Waals surface area (Å²) in [6, 6.07) is 9.60. The third kappa shape index (κ3) is 5.24. The Labute approximate surface area is 166 Å². The van der Waals surface area contributed by atoms with E-state index in [9.17, 15) is 9.59 Å². The molecule has 0 aliphatic carbocycles. The van der Waals surface area contributed by atoms with Gasteiger partial charge in [0.15, 0.2) is 6.61 Å². The minimum Gasteiger partial charge on any atom is -0.455 e. The Morgan fingerprint density at radius 2 is 2.00 bits per heavy atom. The molecular formula is C20H20N2O3S2. The van der Waals surface area contributed by atoms with Crippen LogP contribution in [0.5, 0.6) is 0 Å². The Hall–Kier alpha value is -2.51. The lowest BCUT2D eigenvalue weighted by molar-refractivity contribution is -0.146. The van der Waals surface area contributed by atoms with E-state index in [1.165, 1.54) is 11.3 Å². The molecule has 3 rings (SSSR count). The van der Waals surface area contributed by atoms with Gasteiger partial charge in [-0.05, 0) is 29.0 Å². The van der Waals surface area contributed by atoms with Crippen molar-refractivity contribution < 1.29 is 14.3 Å². The number of ether oxygens (including phenoxy) is 1. The number of anilines is 1. The molecule has 0 aliphatic heterocycles. The molecule has 0 fully saturated rings. The Morgan fingerprint density at radius 3 is 2.74 bits per heavy atom. The Morgan fingerprint density at radius 1 is 1.19 bits per heavy atom. The lowest BCUT2D eigenvalue weighted by Crippen LogP contribution is -2.22. The molecule has 0 aliphatic rings. The Kier molecular flexibility index (Phi) is 6.36. The van der Waals surface area contributed by atoms with Gasteiger partial charge in [0.05, 0.1) is 12.1 Å². The number of thiophene rings is 1. The molecule has 0 unspecified atom stereocenters. The number of para-hydroxylation sites is 1. The minimum absolute atomic E-state index is 0.0521. The second-order valence-corrected chi connectivity index (χ2v) is 7.92.